The van der Waals surface area contributed by atoms with Crippen LogP contribution in [-0.2, 0) is 16.2 Å². The maximum atomic E-state index is 2.64. The van der Waals surface area contributed by atoms with E-state index in [9.17, 15) is 0 Å². The van der Waals surface area contributed by atoms with Crippen LogP contribution in [0, 0.1) is 13.8 Å². The molecular formula is C67H60BN3. The van der Waals surface area contributed by atoms with E-state index in [0.29, 0.717) is 0 Å². The molecule has 0 N–H and O–H groups in total. The maximum Gasteiger partial charge on any atom is 0.252 e. The fourth-order valence-corrected chi connectivity index (χ4v) is 12.7. The predicted molar refractivity (Wildman–Crippen MR) is 305 cm³/mol. The lowest BCUT2D eigenvalue weighted by molar-refractivity contribution is 0.589. The van der Waals surface area contributed by atoms with Crippen LogP contribution in [0.3, 0.4) is 0 Å². The molecule has 3 aliphatic rings. The molecule has 346 valence electrons. The molecule has 0 spiro atoms. The highest BCUT2D eigenvalue weighted by atomic mass is 15.2. The molecule has 10 aromatic rings. The van der Waals surface area contributed by atoms with E-state index in [-0.39, 0.29) is 23.0 Å². The maximum absolute atomic E-state index is 2.64. The standard InChI is InChI=1S/C67H60BN3/c1-41-33-46(66(6,7)8)34-42(2)64(41)71-58-32-29-45(65(3,4)5)37-55(58)68-56-39-52-51-26-18-20-28-57(51)69(47-23-15-12-16-24-47)59(52)40-60(56)70(61-35-44(36-62(71)63(61)68)43-21-13-11-14-22-43)48-30-31-50-49-25-17-19-27-53(49)67(9,10)54(50)38-48/h11-40H,1-10H3. The highest BCUT2D eigenvalue weighted by molar-refractivity contribution is 7.00. The second kappa shape index (κ2) is 15.2. The van der Waals surface area contributed by atoms with Gasteiger partial charge in [-0.15, -0.1) is 0 Å². The Labute approximate surface area is 420 Å². The molecule has 1 aliphatic carbocycles. The van der Waals surface area contributed by atoms with Crippen LogP contribution in [0.15, 0.2) is 182 Å². The zero-order valence-corrected chi connectivity index (χ0v) is 42.7. The summed E-state index contributed by atoms with van der Waals surface area (Å²) in [5, 5.41) is 2.52. The van der Waals surface area contributed by atoms with Gasteiger partial charge in [-0.2, -0.15) is 0 Å². The Bertz CT molecular complexity index is 3820. The Kier molecular flexibility index (Phi) is 9.32. The third-order valence-corrected chi connectivity index (χ3v) is 16.3. The van der Waals surface area contributed by atoms with Crippen LogP contribution in [0.1, 0.15) is 88.8 Å². The number of para-hydroxylation sites is 2. The first-order valence-corrected chi connectivity index (χ1v) is 25.5. The highest BCUT2D eigenvalue weighted by Crippen LogP contribution is 2.53. The van der Waals surface area contributed by atoms with E-state index < -0.39 is 0 Å². The van der Waals surface area contributed by atoms with Crippen molar-refractivity contribution in [3.8, 4) is 27.9 Å². The van der Waals surface area contributed by atoms with Crippen molar-refractivity contribution >= 4 is 79.0 Å². The van der Waals surface area contributed by atoms with Crippen LogP contribution in [-0.4, -0.2) is 11.3 Å². The monoisotopic (exact) mass is 917 g/mol. The molecule has 0 saturated heterocycles. The lowest BCUT2D eigenvalue weighted by Gasteiger charge is -2.45. The van der Waals surface area contributed by atoms with Crippen molar-refractivity contribution in [3.05, 3.63) is 215 Å². The van der Waals surface area contributed by atoms with Crippen molar-refractivity contribution in [1.29, 1.82) is 0 Å². The van der Waals surface area contributed by atoms with Crippen molar-refractivity contribution in [3.63, 3.8) is 0 Å². The summed E-state index contributed by atoms with van der Waals surface area (Å²) in [5.41, 5.74) is 27.7. The Balaban J connectivity index is 1.19. The molecule has 0 saturated carbocycles. The molecule has 0 amide bonds. The van der Waals surface area contributed by atoms with Crippen molar-refractivity contribution in [1.82, 2.24) is 4.57 Å². The number of anilines is 6. The summed E-state index contributed by atoms with van der Waals surface area (Å²) < 4.78 is 2.48. The number of hydrogen-bond donors (Lipinski definition) is 0. The molecule has 71 heavy (non-hydrogen) atoms. The zero-order chi connectivity index (χ0) is 48.9. The quantitative estimate of drug-likeness (QED) is 0.163. The molecular weight excluding hydrogens is 858 g/mol. The number of aryl methyl sites for hydroxylation is 2. The number of aromatic nitrogens is 1. The third-order valence-electron chi connectivity index (χ3n) is 16.3. The number of fused-ring (bicyclic) bond motifs is 10. The van der Waals surface area contributed by atoms with Crippen LogP contribution in [0.25, 0.3) is 49.7 Å². The molecule has 0 unspecified atom stereocenters. The minimum absolute atomic E-state index is 0.0118. The molecule has 3 heterocycles. The van der Waals surface area contributed by atoms with Gasteiger partial charge in [0, 0.05) is 50.3 Å². The Hall–Kier alpha value is -7.56. The average molecular weight is 918 g/mol. The second-order valence-corrected chi connectivity index (χ2v) is 23.1. The van der Waals surface area contributed by atoms with E-state index in [1.807, 2.05) is 0 Å². The van der Waals surface area contributed by atoms with Gasteiger partial charge in [0.1, 0.15) is 0 Å². The van der Waals surface area contributed by atoms with Crippen molar-refractivity contribution in [2.24, 2.45) is 0 Å². The predicted octanol–water partition coefficient (Wildman–Crippen LogP) is 16.1. The smallest absolute Gasteiger partial charge is 0.252 e. The van der Waals surface area contributed by atoms with Gasteiger partial charge < -0.3 is 14.4 Å². The Morgan fingerprint density at radius 2 is 1.04 bits per heavy atom. The molecule has 0 atom stereocenters. The summed E-state index contributed by atoms with van der Waals surface area (Å²) in [6.07, 6.45) is 0. The number of hydrogen-bond acceptors (Lipinski definition) is 2. The molecule has 0 radical (unpaired) electrons. The topological polar surface area (TPSA) is 11.4 Å². The molecule has 2 aliphatic heterocycles. The summed E-state index contributed by atoms with van der Waals surface area (Å²) in [6.45, 7) is 23.4. The molecule has 3 nitrogen and oxygen atoms in total. The van der Waals surface area contributed by atoms with E-state index in [1.54, 1.807) is 0 Å². The Morgan fingerprint density at radius 3 is 1.76 bits per heavy atom. The normalized spacial score (nSPS) is 14.4. The van der Waals surface area contributed by atoms with Crippen LogP contribution in [0.5, 0.6) is 0 Å². The van der Waals surface area contributed by atoms with Gasteiger partial charge in [-0.1, -0.05) is 183 Å². The minimum Gasteiger partial charge on any atom is -0.311 e. The van der Waals surface area contributed by atoms with E-state index in [2.05, 4.69) is 266 Å². The number of rotatable bonds is 4. The first-order chi connectivity index (χ1) is 34.1. The molecule has 13 rings (SSSR count). The minimum atomic E-state index is -0.175. The summed E-state index contributed by atoms with van der Waals surface area (Å²) in [5.74, 6) is 0. The fraction of sp³-hybridized carbons (Fsp3) is 0.194. The van der Waals surface area contributed by atoms with E-state index in [0.717, 1.165) is 5.69 Å². The van der Waals surface area contributed by atoms with E-state index in [4.69, 9.17) is 0 Å². The fourth-order valence-electron chi connectivity index (χ4n) is 12.7. The summed E-state index contributed by atoms with van der Waals surface area (Å²) in [7, 11) is 0. The van der Waals surface area contributed by atoms with Crippen molar-refractivity contribution in [2.45, 2.75) is 85.5 Å². The van der Waals surface area contributed by atoms with Gasteiger partial charge in [-0.25, -0.2) is 0 Å². The average Bonchev–Trinajstić information content (AvgIpc) is 3.80. The number of nitrogens with zero attached hydrogens (tertiary/aromatic N) is 3. The van der Waals surface area contributed by atoms with Crippen molar-refractivity contribution in [2.75, 3.05) is 9.80 Å². The first kappa shape index (κ1) is 43.5. The summed E-state index contributed by atoms with van der Waals surface area (Å²) in [4.78, 5) is 5.29. The largest absolute Gasteiger partial charge is 0.311 e. The van der Waals surface area contributed by atoms with Gasteiger partial charge in [-0.3, -0.25) is 0 Å². The van der Waals surface area contributed by atoms with Gasteiger partial charge in [0.2, 0.25) is 0 Å². The third kappa shape index (κ3) is 6.42. The number of benzene rings is 9. The van der Waals surface area contributed by atoms with Crippen molar-refractivity contribution < 1.29 is 0 Å². The SMILES string of the molecule is Cc1cc(C(C)(C)C)cc(C)c1N1c2ccc(C(C)(C)C)cc2B2c3cc4c5ccccc5n(-c5ccccc5)c4cc3N(c3ccc4c(c3)C(C)(C)c3ccccc3-4)c3cc(-c4ccccc4)cc1c32. The van der Waals surface area contributed by atoms with Gasteiger partial charge >= 0.3 is 0 Å². The van der Waals surface area contributed by atoms with Gasteiger partial charge in [0.15, 0.2) is 0 Å². The van der Waals surface area contributed by atoms with Gasteiger partial charge in [-0.05, 0) is 151 Å². The summed E-state index contributed by atoms with van der Waals surface area (Å²) >= 11 is 0. The second-order valence-electron chi connectivity index (χ2n) is 23.1. The van der Waals surface area contributed by atoms with Crippen LogP contribution in [0.2, 0.25) is 0 Å². The molecule has 0 fully saturated rings. The zero-order valence-electron chi connectivity index (χ0n) is 42.7. The van der Waals surface area contributed by atoms with E-state index in [1.165, 1.54) is 128 Å². The van der Waals surface area contributed by atoms with E-state index >= 15 is 0 Å². The highest BCUT2D eigenvalue weighted by Gasteiger charge is 2.46. The lowest BCUT2D eigenvalue weighted by Crippen LogP contribution is -2.61. The molecule has 0 bridgehead atoms. The van der Waals surface area contributed by atoms with Gasteiger partial charge in [0.25, 0.3) is 6.71 Å². The molecule has 4 heteroatoms. The van der Waals surface area contributed by atoms with Crippen LogP contribution in [0.4, 0.5) is 34.1 Å². The summed E-state index contributed by atoms with van der Waals surface area (Å²) in [6, 6.07) is 69.7. The lowest BCUT2D eigenvalue weighted by atomic mass is 9.33. The molecule has 9 aromatic carbocycles. The Morgan fingerprint density at radius 1 is 0.423 bits per heavy atom. The first-order valence-electron chi connectivity index (χ1n) is 25.5. The molecule has 1 aromatic heterocycles. The van der Waals surface area contributed by atoms with Gasteiger partial charge in [0.05, 0.1) is 16.7 Å². The van der Waals surface area contributed by atoms with Crippen LogP contribution < -0.4 is 26.2 Å². The van der Waals surface area contributed by atoms with Crippen LogP contribution >= 0.6 is 0 Å².